The van der Waals surface area contributed by atoms with Gasteiger partial charge in [-0.15, -0.1) is 0 Å². The summed E-state index contributed by atoms with van der Waals surface area (Å²) in [6.45, 7) is 8.33. The van der Waals surface area contributed by atoms with Crippen molar-refractivity contribution in [3.63, 3.8) is 0 Å². The Morgan fingerprint density at radius 3 is 2.84 bits per heavy atom. The van der Waals surface area contributed by atoms with E-state index < -0.39 is 0 Å². The molecule has 0 radical (unpaired) electrons. The number of rotatable bonds is 6. The number of nitrogens with zero attached hydrogens (tertiary/aromatic N) is 3. The molecule has 0 spiro atoms. The van der Waals surface area contributed by atoms with Crippen molar-refractivity contribution >= 4 is 0 Å². The lowest BCUT2D eigenvalue weighted by Gasteiger charge is -2.21. The molecule has 4 nitrogen and oxygen atoms in total. The zero-order valence-electron chi connectivity index (χ0n) is 11.9. The normalized spacial score (nSPS) is 12.6. The molecule has 2 heterocycles. The third kappa shape index (κ3) is 3.01. The second kappa shape index (κ2) is 6.48. The van der Waals surface area contributed by atoms with Crippen molar-refractivity contribution in [3.8, 4) is 0 Å². The lowest BCUT2D eigenvalue weighted by atomic mass is 10.0. The highest BCUT2D eigenvalue weighted by molar-refractivity contribution is 5.30. The van der Waals surface area contributed by atoms with Crippen LogP contribution in [0.15, 0.2) is 30.9 Å². The van der Waals surface area contributed by atoms with Crippen molar-refractivity contribution < 1.29 is 0 Å². The van der Waals surface area contributed by atoms with Crippen molar-refractivity contribution in [2.75, 3.05) is 6.54 Å². The Kier molecular flexibility index (Phi) is 4.68. The standard InChI is InChI=1S/C15H22N4/c1-4-7-17-14(13-11-16-8-6-12(13)3)15-18-9-10-19(15)5-2/h6,8-11,14,17H,4-5,7H2,1-3H3. The van der Waals surface area contributed by atoms with E-state index in [1.54, 1.807) is 0 Å². The molecular weight excluding hydrogens is 236 g/mol. The first-order chi connectivity index (χ1) is 9.27. The molecule has 0 fully saturated rings. The van der Waals surface area contributed by atoms with Gasteiger partial charge in [-0.05, 0) is 44.0 Å². The molecule has 0 aliphatic carbocycles. The molecule has 2 rings (SSSR count). The van der Waals surface area contributed by atoms with E-state index in [-0.39, 0.29) is 6.04 Å². The van der Waals surface area contributed by atoms with Gasteiger partial charge >= 0.3 is 0 Å². The number of hydrogen-bond donors (Lipinski definition) is 1. The average Bonchev–Trinajstić information content (AvgIpc) is 2.89. The number of nitrogens with one attached hydrogen (secondary N) is 1. The SMILES string of the molecule is CCCNC(c1cnccc1C)c1nccn1CC. The Labute approximate surface area is 114 Å². The summed E-state index contributed by atoms with van der Waals surface area (Å²) in [5, 5.41) is 3.58. The molecule has 0 amide bonds. The molecule has 1 N–H and O–H groups in total. The highest BCUT2D eigenvalue weighted by atomic mass is 15.1. The van der Waals surface area contributed by atoms with Crippen LogP contribution in [0.3, 0.4) is 0 Å². The van der Waals surface area contributed by atoms with Crippen LogP contribution in [-0.4, -0.2) is 21.1 Å². The minimum atomic E-state index is 0.114. The number of imidazole rings is 1. The number of pyridine rings is 1. The van der Waals surface area contributed by atoms with Gasteiger partial charge in [0, 0.05) is 31.3 Å². The topological polar surface area (TPSA) is 42.7 Å². The molecule has 0 saturated carbocycles. The Balaban J connectivity index is 2.39. The first kappa shape index (κ1) is 13.7. The molecule has 102 valence electrons. The van der Waals surface area contributed by atoms with Gasteiger partial charge in [0.25, 0.3) is 0 Å². The highest BCUT2D eigenvalue weighted by Gasteiger charge is 2.19. The van der Waals surface area contributed by atoms with Crippen LogP contribution >= 0.6 is 0 Å². The molecule has 4 heteroatoms. The maximum absolute atomic E-state index is 4.53. The van der Waals surface area contributed by atoms with E-state index in [1.165, 1.54) is 11.1 Å². The van der Waals surface area contributed by atoms with Gasteiger partial charge in [-0.25, -0.2) is 4.98 Å². The molecule has 1 unspecified atom stereocenters. The van der Waals surface area contributed by atoms with Crippen molar-refractivity contribution in [1.82, 2.24) is 19.9 Å². The summed E-state index contributed by atoms with van der Waals surface area (Å²) in [6, 6.07) is 2.17. The van der Waals surface area contributed by atoms with Gasteiger partial charge < -0.3 is 9.88 Å². The van der Waals surface area contributed by atoms with Crippen LogP contribution in [0, 0.1) is 6.92 Å². The molecule has 1 atom stereocenters. The molecular formula is C15H22N4. The van der Waals surface area contributed by atoms with Crippen LogP contribution < -0.4 is 5.32 Å². The Morgan fingerprint density at radius 1 is 1.32 bits per heavy atom. The zero-order valence-corrected chi connectivity index (χ0v) is 11.9. The van der Waals surface area contributed by atoms with Gasteiger partial charge in [-0.3, -0.25) is 4.98 Å². The van der Waals surface area contributed by atoms with E-state index >= 15 is 0 Å². The molecule has 2 aromatic heterocycles. The largest absolute Gasteiger partial charge is 0.334 e. The molecule has 0 saturated heterocycles. The van der Waals surface area contributed by atoms with Crippen LogP contribution in [0.5, 0.6) is 0 Å². The second-order valence-electron chi connectivity index (χ2n) is 4.69. The van der Waals surface area contributed by atoms with E-state index in [4.69, 9.17) is 0 Å². The quantitative estimate of drug-likeness (QED) is 0.866. The number of hydrogen-bond acceptors (Lipinski definition) is 3. The first-order valence-corrected chi connectivity index (χ1v) is 6.92. The van der Waals surface area contributed by atoms with E-state index in [9.17, 15) is 0 Å². The van der Waals surface area contributed by atoms with Gasteiger partial charge in [0.1, 0.15) is 5.82 Å². The highest BCUT2D eigenvalue weighted by Crippen LogP contribution is 2.23. The summed E-state index contributed by atoms with van der Waals surface area (Å²) in [4.78, 5) is 8.79. The fraction of sp³-hybridized carbons (Fsp3) is 0.467. The van der Waals surface area contributed by atoms with Gasteiger partial charge in [0.15, 0.2) is 0 Å². The van der Waals surface area contributed by atoms with Crippen molar-refractivity contribution in [1.29, 1.82) is 0 Å². The van der Waals surface area contributed by atoms with Crippen molar-refractivity contribution in [2.24, 2.45) is 0 Å². The first-order valence-electron chi connectivity index (χ1n) is 6.92. The predicted octanol–water partition coefficient (Wildman–Crippen LogP) is 2.70. The Morgan fingerprint density at radius 2 is 2.16 bits per heavy atom. The fourth-order valence-corrected chi connectivity index (χ4v) is 2.26. The van der Waals surface area contributed by atoms with Crippen LogP contribution in [0.4, 0.5) is 0 Å². The monoisotopic (exact) mass is 258 g/mol. The summed E-state index contributed by atoms with van der Waals surface area (Å²) >= 11 is 0. The van der Waals surface area contributed by atoms with Gasteiger partial charge in [0.2, 0.25) is 0 Å². The fourth-order valence-electron chi connectivity index (χ4n) is 2.26. The summed E-state index contributed by atoms with van der Waals surface area (Å²) in [5.41, 5.74) is 2.45. The minimum Gasteiger partial charge on any atom is -0.334 e. The van der Waals surface area contributed by atoms with Gasteiger partial charge in [-0.2, -0.15) is 0 Å². The third-order valence-corrected chi connectivity index (χ3v) is 3.34. The van der Waals surface area contributed by atoms with E-state index in [1.807, 2.05) is 24.8 Å². The van der Waals surface area contributed by atoms with Crippen LogP contribution in [-0.2, 0) is 6.54 Å². The summed E-state index contributed by atoms with van der Waals surface area (Å²) < 4.78 is 2.18. The summed E-state index contributed by atoms with van der Waals surface area (Å²) in [5.74, 6) is 1.06. The second-order valence-corrected chi connectivity index (χ2v) is 4.69. The van der Waals surface area contributed by atoms with E-state index in [0.29, 0.717) is 0 Å². The average molecular weight is 258 g/mol. The van der Waals surface area contributed by atoms with E-state index in [0.717, 1.165) is 25.3 Å². The van der Waals surface area contributed by atoms with Crippen LogP contribution in [0.25, 0.3) is 0 Å². The molecule has 19 heavy (non-hydrogen) atoms. The van der Waals surface area contributed by atoms with Gasteiger partial charge in [0.05, 0.1) is 6.04 Å². The smallest absolute Gasteiger partial charge is 0.130 e. The Bertz CT molecular complexity index is 518. The van der Waals surface area contributed by atoms with Crippen molar-refractivity contribution in [3.05, 3.63) is 47.8 Å². The molecule has 0 aromatic carbocycles. The van der Waals surface area contributed by atoms with Crippen molar-refractivity contribution in [2.45, 2.75) is 39.8 Å². The summed E-state index contributed by atoms with van der Waals surface area (Å²) in [7, 11) is 0. The molecule has 0 aliphatic rings. The Hall–Kier alpha value is -1.68. The lowest BCUT2D eigenvalue weighted by molar-refractivity contribution is 0.538. The number of aromatic nitrogens is 3. The third-order valence-electron chi connectivity index (χ3n) is 3.34. The summed E-state index contributed by atoms with van der Waals surface area (Å²) in [6.07, 6.45) is 8.77. The zero-order chi connectivity index (χ0) is 13.7. The molecule has 0 aliphatic heterocycles. The van der Waals surface area contributed by atoms with Crippen LogP contribution in [0.1, 0.15) is 43.3 Å². The predicted molar refractivity (Wildman–Crippen MR) is 77.0 cm³/mol. The van der Waals surface area contributed by atoms with E-state index in [2.05, 4.69) is 46.7 Å². The maximum Gasteiger partial charge on any atom is 0.130 e. The van der Waals surface area contributed by atoms with Gasteiger partial charge in [-0.1, -0.05) is 6.92 Å². The molecule has 0 bridgehead atoms. The maximum atomic E-state index is 4.53. The molecule has 2 aromatic rings. The number of aryl methyl sites for hydroxylation is 2. The lowest BCUT2D eigenvalue weighted by Crippen LogP contribution is -2.27. The minimum absolute atomic E-state index is 0.114. The van der Waals surface area contributed by atoms with Crippen LogP contribution in [0.2, 0.25) is 0 Å².